The normalized spacial score (nSPS) is 19.6. The maximum atomic E-state index is 11.6. The predicted molar refractivity (Wildman–Crippen MR) is 82.5 cm³/mol. The van der Waals surface area contributed by atoms with Crippen LogP contribution >= 0.6 is 0 Å². The molecule has 3 heterocycles. The highest BCUT2D eigenvalue weighted by atomic mass is 32.2. The molecular formula is C14H19N5O2S. The summed E-state index contributed by atoms with van der Waals surface area (Å²) in [6, 6.07) is 1.94. The number of rotatable bonds is 4. The lowest BCUT2D eigenvalue weighted by molar-refractivity contribution is 0.459. The second-order valence-corrected chi connectivity index (χ2v) is 7.72. The van der Waals surface area contributed by atoms with Crippen LogP contribution in [0.25, 0.3) is 11.5 Å². The van der Waals surface area contributed by atoms with Gasteiger partial charge in [0.1, 0.15) is 12.0 Å². The summed E-state index contributed by atoms with van der Waals surface area (Å²) < 4.78 is 26.6. The number of imidazole rings is 1. The van der Waals surface area contributed by atoms with Gasteiger partial charge in [0.25, 0.3) is 0 Å². The minimum Gasteiger partial charge on any atom is -0.333 e. The first kappa shape index (κ1) is 15.1. The summed E-state index contributed by atoms with van der Waals surface area (Å²) in [6.07, 6.45) is 8.04. The first-order valence-electron chi connectivity index (χ1n) is 7.17. The second kappa shape index (κ2) is 5.77. The van der Waals surface area contributed by atoms with Crippen molar-refractivity contribution in [3.05, 3.63) is 30.5 Å². The molecule has 1 unspecified atom stereocenters. The molecule has 1 aliphatic rings. The lowest BCUT2D eigenvalue weighted by Crippen LogP contribution is -2.27. The molecule has 0 amide bonds. The van der Waals surface area contributed by atoms with E-state index in [4.69, 9.17) is 0 Å². The van der Waals surface area contributed by atoms with Crippen LogP contribution in [-0.4, -0.2) is 51.6 Å². The minimum absolute atomic E-state index is 0.304. The van der Waals surface area contributed by atoms with Crippen LogP contribution in [0.2, 0.25) is 0 Å². The summed E-state index contributed by atoms with van der Waals surface area (Å²) in [4.78, 5) is 12.9. The van der Waals surface area contributed by atoms with Crippen LogP contribution in [0.4, 0.5) is 0 Å². The van der Waals surface area contributed by atoms with Crippen molar-refractivity contribution in [2.75, 3.05) is 19.3 Å². The van der Waals surface area contributed by atoms with Crippen LogP contribution < -0.4 is 0 Å². The van der Waals surface area contributed by atoms with Gasteiger partial charge < -0.3 is 4.57 Å². The summed E-state index contributed by atoms with van der Waals surface area (Å²) in [5.41, 5.74) is 1.71. The molecule has 3 rings (SSSR count). The molecule has 7 nitrogen and oxygen atoms in total. The van der Waals surface area contributed by atoms with Crippen molar-refractivity contribution in [3.8, 4) is 11.5 Å². The van der Waals surface area contributed by atoms with E-state index in [0.29, 0.717) is 19.0 Å². The fourth-order valence-corrected chi connectivity index (χ4v) is 3.72. The summed E-state index contributed by atoms with van der Waals surface area (Å²) >= 11 is 0. The Morgan fingerprint density at radius 1 is 1.32 bits per heavy atom. The molecule has 1 aliphatic heterocycles. The third kappa shape index (κ3) is 3.17. The molecule has 1 atom stereocenters. The van der Waals surface area contributed by atoms with E-state index in [-0.39, 0.29) is 0 Å². The van der Waals surface area contributed by atoms with Crippen molar-refractivity contribution in [1.82, 2.24) is 23.8 Å². The summed E-state index contributed by atoms with van der Waals surface area (Å²) in [7, 11) is -1.17. The maximum Gasteiger partial charge on any atom is 0.211 e. The Morgan fingerprint density at radius 2 is 2.14 bits per heavy atom. The van der Waals surface area contributed by atoms with Crippen LogP contribution in [0.1, 0.15) is 12.1 Å². The molecule has 118 valence electrons. The van der Waals surface area contributed by atoms with Crippen LogP contribution in [-0.2, 0) is 23.5 Å². The standard InChI is InChI=1S/C14H19N5O2S/c1-18-6-4-15-14(18)13-8-12(16-10-17-13)7-11-3-5-19(9-11)22(2,20)21/h4,6,8,10-11H,3,5,7,9H2,1-2H3. The minimum atomic E-state index is -3.09. The number of hydrogen-bond donors (Lipinski definition) is 0. The van der Waals surface area contributed by atoms with E-state index in [2.05, 4.69) is 15.0 Å². The van der Waals surface area contributed by atoms with Crippen LogP contribution in [0, 0.1) is 5.92 Å². The molecule has 0 N–H and O–H groups in total. The summed E-state index contributed by atoms with van der Waals surface area (Å²) in [5, 5.41) is 0. The first-order valence-corrected chi connectivity index (χ1v) is 9.02. The van der Waals surface area contributed by atoms with E-state index in [1.165, 1.54) is 6.26 Å². The largest absolute Gasteiger partial charge is 0.333 e. The lowest BCUT2D eigenvalue weighted by atomic mass is 10.0. The Labute approximate surface area is 130 Å². The van der Waals surface area contributed by atoms with Gasteiger partial charge in [-0.3, -0.25) is 0 Å². The van der Waals surface area contributed by atoms with Crippen molar-refractivity contribution in [1.29, 1.82) is 0 Å². The Balaban J connectivity index is 1.73. The lowest BCUT2D eigenvalue weighted by Gasteiger charge is -2.13. The van der Waals surface area contributed by atoms with Crippen molar-refractivity contribution in [3.63, 3.8) is 0 Å². The van der Waals surface area contributed by atoms with Gasteiger partial charge in [-0.25, -0.2) is 27.7 Å². The molecule has 0 spiro atoms. The van der Waals surface area contributed by atoms with Crippen molar-refractivity contribution in [2.45, 2.75) is 12.8 Å². The molecule has 1 fully saturated rings. The molecule has 22 heavy (non-hydrogen) atoms. The molecule has 1 saturated heterocycles. The number of nitrogens with zero attached hydrogens (tertiary/aromatic N) is 5. The van der Waals surface area contributed by atoms with Gasteiger partial charge >= 0.3 is 0 Å². The fourth-order valence-electron chi connectivity index (χ4n) is 2.80. The van der Waals surface area contributed by atoms with Gasteiger partial charge in [-0.1, -0.05) is 0 Å². The molecule has 0 aliphatic carbocycles. The van der Waals surface area contributed by atoms with Crippen molar-refractivity contribution < 1.29 is 8.42 Å². The van der Waals surface area contributed by atoms with Gasteiger partial charge in [-0.05, 0) is 24.8 Å². The zero-order valence-electron chi connectivity index (χ0n) is 12.7. The SMILES string of the molecule is Cn1ccnc1-c1cc(CC2CCN(S(C)(=O)=O)C2)ncn1. The second-order valence-electron chi connectivity index (χ2n) is 5.74. The zero-order chi connectivity index (χ0) is 15.7. The van der Waals surface area contributed by atoms with Gasteiger partial charge in [-0.15, -0.1) is 0 Å². The highest BCUT2D eigenvalue weighted by molar-refractivity contribution is 7.88. The summed E-state index contributed by atoms with van der Waals surface area (Å²) in [5.74, 6) is 1.10. The van der Waals surface area contributed by atoms with E-state index in [1.54, 1.807) is 16.8 Å². The van der Waals surface area contributed by atoms with Crippen LogP contribution in [0.5, 0.6) is 0 Å². The maximum absolute atomic E-state index is 11.6. The molecule has 0 bridgehead atoms. The van der Waals surface area contributed by atoms with Gasteiger partial charge in [0.15, 0.2) is 5.82 Å². The molecule has 0 radical (unpaired) electrons. The Hall–Kier alpha value is -1.80. The van der Waals surface area contributed by atoms with E-state index >= 15 is 0 Å². The molecule has 0 saturated carbocycles. The van der Waals surface area contributed by atoms with Crippen molar-refractivity contribution >= 4 is 10.0 Å². The van der Waals surface area contributed by atoms with Gasteiger partial charge in [-0.2, -0.15) is 0 Å². The third-order valence-corrected chi connectivity index (χ3v) is 5.26. The highest BCUT2D eigenvalue weighted by Crippen LogP contribution is 2.23. The number of hydrogen-bond acceptors (Lipinski definition) is 5. The topological polar surface area (TPSA) is 81.0 Å². The Bertz CT molecular complexity index is 771. The predicted octanol–water partition coefficient (Wildman–Crippen LogP) is 0.701. The first-order chi connectivity index (χ1) is 10.4. The quantitative estimate of drug-likeness (QED) is 0.828. The van der Waals surface area contributed by atoms with Crippen LogP contribution in [0.15, 0.2) is 24.8 Å². The third-order valence-electron chi connectivity index (χ3n) is 3.99. The Kier molecular flexibility index (Phi) is 3.96. The molecule has 2 aromatic heterocycles. The van der Waals surface area contributed by atoms with Crippen molar-refractivity contribution in [2.24, 2.45) is 13.0 Å². The number of aromatic nitrogens is 4. The van der Waals surface area contributed by atoms with Crippen LogP contribution in [0.3, 0.4) is 0 Å². The Morgan fingerprint density at radius 3 is 2.77 bits per heavy atom. The van der Waals surface area contributed by atoms with E-state index in [9.17, 15) is 8.42 Å². The van der Waals surface area contributed by atoms with E-state index < -0.39 is 10.0 Å². The summed E-state index contributed by atoms with van der Waals surface area (Å²) in [6.45, 7) is 1.17. The molecular weight excluding hydrogens is 302 g/mol. The van der Waals surface area contributed by atoms with Gasteiger partial charge in [0, 0.05) is 38.2 Å². The zero-order valence-corrected chi connectivity index (χ0v) is 13.5. The van der Waals surface area contributed by atoms with Gasteiger partial charge in [0.05, 0.1) is 6.26 Å². The average Bonchev–Trinajstić information content (AvgIpc) is 3.07. The molecule has 2 aromatic rings. The average molecular weight is 321 g/mol. The monoisotopic (exact) mass is 321 g/mol. The smallest absolute Gasteiger partial charge is 0.211 e. The molecule has 0 aromatic carbocycles. The van der Waals surface area contributed by atoms with E-state index in [0.717, 1.165) is 30.1 Å². The molecule has 8 heteroatoms. The number of sulfonamides is 1. The number of aryl methyl sites for hydroxylation is 1. The fraction of sp³-hybridized carbons (Fsp3) is 0.500. The highest BCUT2D eigenvalue weighted by Gasteiger charge is 2.28. The van der Waals surface area contributed by atoms with Gasteiger partial charge in [0.2, 0.25) is 10.0 Å². The van der Waals surface area contributed by atoms with E-state index in [1.807, 2.05) is 23.9 Å².